The van der Waals surface area contributed by atoms with Gasteiger partial charge in [0.1, 0.15) is 0 Å². The number of hydrogen-bond acceptors (Lipinski definition) is 1. The molecule has 20 heavy (non-hydrogen) atoms. The molecular formula is C19H25N. The fourth-order valence-electron chi connectivity index (χ4n) is 2.35. The molecule has 0 aliphatic heterocycles. The van der Waals surface area contributed by atoms with Gasteiger partial charge in [-0.3, -0.25) is 0 Å². The van der Waals surface area contributed by atoms with E-state index >= 15 is 0 Å². The van der Waals surface area contributed by atoms with Crippen molar-refractivity contribution in [1.82, 2.24) is 5.32 Å². The molecule has 0 saturated carbocycles. The van der Waals surface area contributed by atoms with Crippen molar-refractivity contribution in [2.75, 3.05) is 0 Å². The highest BCUT2D eigenvalue weighted by Crippen LogP contribution is 2.17. The van der Waals surface area contributed by atoms with E-state index in [1.807, 2.05) is 0 Å². The minimum Gasteiger partial charge on any atom is -0.306 e. The van der Waals surface area contributed by atoms with Gasteiger partial charge in [0, 0.05) is 12.6 Å². The molecule has 0 saturated heterocycles. The maximum absolute atomic E-state index is 3.59. The standard InChI is InChI=1S/C19H25N/c1-14(2)18-10-8-17(9-11-18)13-20-16(4)19-7-5-6-15(3)12-19/h5-12,14,16,20H,13H2,1-4H3/t16-/m1/s1. The van der Waals surface area contributed by atoms with Gasteiger partial charge in [0.15, 0.2) is 0 Å². The van der Waals surface area contributed by atoms with Crippen LogP contribution in [0, 0.1) is 6.92 Å². The first kappa shape index (κ1) is 14.8. The van der Waals surface area contributed by atoms with Crippen LogP contribution in [0.25, 0.3) is 0 Å². The van der Waals surface area contributed by atoms with E-state index in [1.165, 1.54) is 22.3 Å². The highest BCUT2D eigenvalue weighted by molar-refractivity contribution is 5.26. The third kappa shape index (κ3) is 3.94. The second-order valence-electron chi connectivity index (χ2n) is 5.91. The molecule has 0 heterocycles. The van der Waals surface area contributed by atoms with Gasteiger partial charge in [0.2, 0.25) is 0 Å². The lowest BCUT2D eigenvalue weighted by molar-refractivity contribution is 0.574. The lowest BCUT2D eigenvalue weighted by Gasteiger charge is -2.15. The van der Waals surface area contributed by atoms with Crippen LogP contribution in [-0.4, -0.2) is 0 Å². The fourth-order valence-corrected chi connectivity index (χ4v) is 2.35. The van der Waals surface area contributed by atoms with Crippen molar-refractivity contribution in [2.45, 2.75) is 46.2 Å². The van der Waals surface area contributed by atoms with Crippen LogP contribution in [0.5, 0.6) is 0 Å². The van der Waals surface area contributed by atoms with Crippen molar-refractivity contribution in [3.63, 3.8) is 0 Å². The number of rotatable bonds is 5. The molecule has 1 nitrogen and oxygen atoms in total. The Morgan fingerprint density at radius 2 is 1.60 bits per heavy atom. The molecule has 0 unspecified atom stereocenters. The number of nitrogens with one attached hydrogen (secondary N) is 1. The summed E-state index contributed by atoms with van der Waals surface area (Å²) in [7, 11) is 0. The largest absolute Gasteiger partial charge is 0.306 e. The van der Waals surface area contributed by atoms with Gasteiger partial charge in [-0.2, -0.15) is 0 Å². The maximum atomic E-state index is 3.59. The van der Waals surface area contributed by atoms with E-state index in [2.05, 4.69) is 81.5 Å². The molecule has 0 aromatic heterocycles. The Kier molecular flexibility index (Phi) is 4.97. The zero-order valence-corrected chi connectivity index (χ0v) is 13.0. The number of benzene rings is 2. The van der Waals surface area contributed by atoms with Gasteiger partial charge in [-0.05, 0) is 36.5 Å². The minimum atomic E-state index is 0.375. The molecule has 0 fully saturated rings. The molecule has 106 valence electrons. The first-order valence-corrected chi connectivity index (χ1v) is 7.45. The Labute approximate surface area is 123 Å². The Bertz CT molecular complexity index is 540. The average molecular weight is 267 g/mol. The number of hydrogen-bond donors (Lipinski definition) is 1. The van der Waals surface area contributed by atoms with E-state index < -0.39 is 0 Å². The zero-order valence-electron chi connectivity index (χ0n) is 13.0. The SMILES string of the molecule is Cc1cccc([C@@H](C)NCc2ccc(C(C)C)cc2)c1. The predicted molar refractivity (Wildman–Crippen MR) is 87.0 cm³/mol. The Morgan fingerprint density at radius 3 is 2.20 bits per heavy atom. The quantitative estimate of drug-likeness (QED) is 0.806. The van der Waals surface area contributed by atoms with Gasteiger partial charge in [0.25, 0.3) is 0 Å². The first-order chi connectivity index (χ1) is 9.56. The van der Waals surface area contributed by atoms with Gasteiger partial charge in [-0.1, -0.05) is 67.9 Å². The predicted octanol–water partition coefficient (Wildman–Crippen LogP) is 4.97. The van der Waals surface area contributed by atoms with Crippen molar-refractivity contribution in [1.29, 1.82) is 0 Å². The molecular weight excluding hydrogens is 242 g/mol. The molecule has 0 radical (unpaired) electrons. The summed E-state index contributed by atoms with van der Waals surface area (Å²) in [6.07, 6.45) is 0. The third-order valence-electron chi connectivity index (χ3n) is 3.80. The van der Waals surface area contributed by atoms with Gasteiger partial charge in [-0.25, -0.2) is 0 Å². The molecule has 0 aliphatic rings. The summed E-state index contributed by atoms with van der Waals surface area (Å²) in [6.45, 7) is 9.73. The van der Waals surface area contributed by atoms with E-state index in [4.69, 9.17) is 0 Å². The third-order valence-corrected chi connectivity index (χ3v) is 3.80. The molecule has 0 amide bonds. The lowest BCUT2D eigenvalue weighted by Crippen LogP contribution is -2.18. The molecule has 1 N–H and O–H groups in total. The Hall–Kier alpha value is -1.60. The van der Waals surface area contributed by atoms with E-state index in [0.29, 0.717) is 12.0 Å². The van der Waals surface area contributed by atoms with Crippen molar-refractivity contribution >= 4 is 0 Å². The van der Waals surface area contributed by atoms with Crippen molar-refractivity contribution in [3.05, 3.63) is 70.8 Å². The second kappa shape index (κ2) is 6.71. The molecule has 0 spiro atoms. The highest BCUT2D eigenvalue weighted by Gasteiger charge is 2.05. The summed E-state index contributed by atoms with van der Waals surface area (Å²) in [5, 5.41) is 3.59. The van der Waals surface area contributed by atoms with Crippen LogP contribution in [0.15, 0.2) is 48.5 Å². The summed E-state index contributed by atoms with van der Waals surface area (Å²) >= 11 is 0. The van der Waals surface area contributed by atoms with E-state index in [-0.39, 0.29) is 0 Å². The van der Waals surface area contributed by atoms with Gasteiger partial charge in [-0.15, -0.1) is 0 Å². The van der Waals surface area contributed by atoms with E-state index in [9.17, 15) is 0 Å². The fraction of sp³-hybridized carbons (Fsp3) is 0.368. The van der Waals surface area contributed by atoms with E-state index in [1.54, 1.807) is 0 Å². The number of aryl methyl sites for hydroxylation is 1. The first-order valence-electron chi connectivity index (χ1n) is 7.45. The second-order valence-corrected chi connectivity index (χ2v) is 5.91. The van der Waals surface area contributed by atoms with Crippen LogP contribution in [0.1, 0.15) is 55.0 Å². The van der Waals surface area contributed by atoms with Crippen molar-refractivity contribution < 1.29 is 0 Å². The maximum Gasteiger partial charge on any atom is 0.0295 e. The Morgan fingerprint density at radius 1 is 0.900 bits per heavy atom. The minimum absolute atomic E-state index is 0.375. The molecule has 1 atom stereocenters. The van der Waals surface area contributed by atoms with Gasteiger partial charge < -0.3 is 5.32 Å². The summed E-state index contributed by atoms with van der Waals surface area (Å²) in [6, 6.07) is 18.0. The zero-order chi connectivity index (χ0) is 14.5. The monoisotopic (exact) mass is 267 g/mol. The topological polar surface area (TPSA) is 12.0 Å². The lowest BCUT2D eigenvalue weighted by atomic mass is 10.0. The van der Waals surface area contributed by atoms with Gasteiger partial charge in [0.05, 0.1) is 0 Å². The van der Waals surface area contributed by atoms with Crippen LogP contribution >= 0.6 is 0 Å². The summed E-state index contributed by atoms with van der Waals surface area (Å²) in [5.74, 6) is 0.600. The Balaban J connectivity index is 1.94. The molecule has 0 aliphatic carbocycles. The van der Waals surface area contributed by atoms with Gasteiger partial charge >= 0.3 is 0 Å². The molecule has 1 heteroatoms. The van der Waals surface area contributed by atoms with E-state index in [0.717, 1.165) is 6.54 Å². The normalized spacial score (nSPS) is 12.7. The smallest absolute Gasteiger partial charge is 0.0295 e. The molecule has 2 aromatic carbocycles. The van der Waals surface area contributed by atoms with Crippen LogP contribution in [0.2, 0.25) is 0 Å². The average Bonchev–Trinajstić information content (AvgIpc) is 2.45. The summed E-state index contributed by atoms with van der Waals surface area (Å²) in [4.78, 5) is 0. The van der Waals surface area contributed by atoms with Crippen LogP contribution in [-0.2, 0) is 6.54 Å². The molecule has 0 bridgehead atoms. The molecule has 2 aromatic rings. The van der Waals surface area contributed by atoms with Crippen LogP contribution < -0.4 is 5.32 Å². The van der Waals surface area contributed by atoms with Crippen LogP contribution in [0.4, 0.5) is 0 Å². The summed E-state index contributed by atoms with van der Waals surface area (Å²) in [5.41, 5.74) is 5.41. The van der Waals surface area contributed by atoms with Crippen molar-refractivity contribution in [2.24, 2.45) is 0 Å². The molecule has 2 rings (SSSR count). The summed E-state index contributed by atoms with van der Waals surface area (Å²) < 4.78 is 0. The highest BCUT2D eigenvalue weighted by atomic mass is 14.9. The van der Waals surface area contributed by atoms with Crippen LogP contribution in [0.3, 0.4) is 0 Å². The van der Waals surface area contributed by atoms with Crippen molar-refractivity contribution in [3.8, 4) is 0 Å².